The fourth-order valence-corrected chi connectivity index (χ4v) is 7.21. The number of anilines is 2. The predicted molar refractivity (Wildman–Crippen MR) is 158 cm³/mol. The van der Waals surface area contributed by atoms with E-state index in [1.165, 1.54) is 12.1 Å². The maximum atomic E-state index is 6.99. The first kappa shape index (κ1) is 25.7. The number of thiocarbonyl (C=S) groups is 1. The number of halogens is 1. The second kappa shape index (κ2) is 10.9. The van der Waals surface area contributed by atoms with Crippen LogP contribution >= 0.6 is 23.8 Å². The third kappa shape index (κ3) is 5.04. The lowest BCUT2D eigenvalue weighted by molar-refractivity contribution is 0.0961. The molecule has 0 radical (unpaired) electrons. The second-order valence-electron chi connectivity index (χ2n) is 11.2. The van der Waals surface area contributed by atoms with E-state index in [0.717, 1.165) is 61.2 Å². The van der Waals surface area contributed by atoms with Crippen LogP contribution in [0.3, 0.4) is 0 Å². The van der Waals surface area contributed by atoms with Gasteiger partial charge in [0.1, 0.15) is 6.04 Å². The fraction of sp³-hybridized carbons (Fsp3) is 0.467. The van der Waals surface area contributed by atoms with Gasteiger partial charge < -0.3 is 24.4 Å². The molecule has 5 atom stereocenters. The Kier molecular flexibility index (Phi) is 7.34. The molecule has 1 aromatic carbocycles. The van der Waals surface area contributed by atoms with E-state index in [-0.39, 0.29) is 18.2 Å². The van der Waals surface area contributed by atoms with Crippen molar-refractivity contribution in [3.8, 4) is 0 Å². The van der Waals surface area contributed by atoms with Crippen molar-refractivity contribution in [2.24, 2.45) is 11.8 Å². The van der Waals surface area contributed by atoms with Gasteiger partial charge in [0.2, 0.25) is 0 Å². The molecular formula is C30H36ClN5OS. The lowest BCUT2D eigenvalue weighted by Gasteiger charge is -2.37. The first-order valence-electron chi connectivity index (χ1n) is 13.8. The van der Waals surface area contributed by atoms with E-state index in [1.807, 2.05) is 18.3 Å². The fourth-order valence-electron chi connectivity index (χ4n) is 6.56. The summed E-state index contributed by atoms with van der Waals surface area (Å²) in [4.78, 5) is 9.36. The summed E-state index contributed by atoms with van der Waals surface area (Å²) < 4.78 is 8.30. The first-order valence-corrected chi connectivity index (χ1v) is 14.6. The highest BCUT2D eigenvalue weighted by atomic mass is 35.5. The minimum absolute atomic E-state index is 0.0780. The summed E-state index contributed by atoms with van der Waals surface area (Å²) in [6.07, 6.45) is 7.72. The highest BCUT2D eigenvalue weighted by Gasteiger charge is 2.42. The van der Waals surface area contributed by atoms with E-state index in [1.54, 1.807) is 0 Å². The van der Waals surface area contributed by atoms with Crippen molar-refractivity contribution in [2.45, 2.75) is 57.8 Å². The minimum atomic E-state index is -0.0934. The highest BCUT2D eigenvalue weighted by molar-refractivity contribution is 7.80. The molecular weight excluding hydrogens is 514 g/mol. The van der Waals surface area contributed by atoms with Crippen LogP contribution < -0.4 is 15.1 Å². The van der Waals surface area contributed by atoms with Crippen molar-refractivity contribution < 1.29 is 4.74 Å². The number of ether oxygens (including phenoxy) is 1. The third-order valence-corrected chi connectivity index (χ3v) is 8.73. The van der Waals surface area contributed by atoms with Crippen molar-refractivity contribution >= 4 is 40.3 Å². The van der Waals surface area contributed by atoms with Crippen LogP contribution in [0.4, 0.5) is 11.4 Å². The molecule has 200 valence electrons. The van der Waals surface area contributed by atoms with E-state index in [9.17, 15) is 0 Å². The van der Waals surface area contributed by atoms with E-state index < -0.39 is 0 Å². The number of nitrogens with zero attached hydrogens (tertiary/aromatic N) is 4. The molecule has 0 aliphatic carbocycles. The molecule has 8 heteroatoms. The quantitative estimate of drug-likeness (QED) is 0.360. The molecule has 3 saturated heterocycles. The van der Waals surface area contributed by atoms with Crippen molar-refractivity contribution in [2.75, 3.05) is 29.5 Å². The summed E-state index contributed by atoms with van der Waals surface area (Å²) in [6, 6.07) is 16.6. The van der Waals surface area contributed by atoms with Crippen molar-refractivity contribution in [1.29, 1.82) is 0 Å². The molecule has 38 heavy (non-hydrogen) atoms. The standard InChI is InChI=1S/C30H36ClN5OS/c1-20-15-21(2)18-35(17-20)26-11-10-22(16-24(26)31)36-29(28(33-30(36)38)25-8-3-4-12-32-25)27-9-5-13-34(27)19-23-7-6-14-37-23/h3-5,8-13,16,20-21,23,28-29H,6-7,14-15,17-19H2,1-2H3,(H,33,38)/t20-,21+,23-,28-,29-/m0/s1. The molecule has 0 bridgehead atoms. The molecule has 3 fully saturated rings. The summed E-state index contributed by atoms with van der Waals surface area (Å²) in [6.45, 7) is 8.40. The molecule has 3 aromatic rings. The molecule has 0 spiro atoms. The number of rotatable bonds is 6. The largest absolute Gasteiger partial charge is 0.376 e. The van der Waals surface area contributed by atoms with Gasteiger partial charge in [-0.3, -0.25) is 4.98 Å². The maximum absolute atomic E-state index is 6.99. The van der Waals surface area contributed by atoms with Crippen molar-refractivity contribution in [1.82, 2.24) is 14.9 Å². The van der Waals surface area contributed by atoms with Crippen LogP contribution in [0.5, 0.6) is 0 Å². The zero-order valence-electron chi connectivity index (χ0n) is 22.1. The smallest absolute Gasteiger partial charge is 0.174 e. The molecule has 0 saturated carbocycles. The Bertz CT molecular complexity index is 1270. The van der Waals surface area contributed by atoms with Gasteiger partial charge in [0.25, 0.3) is 0 Å². The molecule has 5 heterocycles. The number of aromatic nitrogens is 2. The van der Waals surface area contributed by atoms with Crippen LogP contribution in [0.15, 0.2) is 60.9 Å². The average Bonchev–Trinajstić information content (AvgIpc) is 3.65. The van der Waals surface area contributed by atoms with Gasteiger partial charge in [-0.05, 0) is 85.8 Å². The molecule has 6 rings (SSSR count). The van der Waals surface area contributed by atoms with E-state index >= 15 is 0 Å². The van der Waals surface area contributed by atoms with E-state index in [4.69, 9.17) is 33.5 Å². The highest BCUT2D eigenvalue weighted by Crippen LogP contribution is 2.44. The Labute approximate surface area is 235 Å². The Balaban J connectivity index is 1.37. The van der Waals surface area contributed by atoms with Crippen molar-refractivity contribution in [3.63, 3.8) is 0 Å². The lowest BCUT2D eigenvalue weighted by Crippen LogP contribution is -2.39. The van der Waals surface area contributed by atoms with Gasteiger partial charge in [-0.15, -0.1) is 0 Å². The number of hydrogen-bond donors (Lipinski definition) is 1. The van der Waals surface area contributed by atoms with Crippen LogP contribution in [0.2, 0.25) is 5.02 Å². The monoisotopic (exact) mass is 549 g/mol. The SMILES string of the molecule is C[C@@H]1C[C@H](C)CN(c2ccc(N3C(=S)N[C@@H](c4ccccn4)[C@@H]3c3cccn3C[C@@H]3CCCO3)cc2Cl)C1. The summed E-state index contributed by atoms with van der Waals surface area (Å²) in [7, 11) is 0. The molecule has 0 unspecified atom stereocenters. The van der Waals surface area contributed by atoms with E-state index in [2.05, 4.69) is 76.1 Å². The van der Waals surface area contributed by atoms with Gasteiger partial charge in [-0.2, -0.15) is 0 Å². The first-order chi connectivity index (χ1) is 18.5. The zero-order valence-corrected chi connectivity index (χ0v) is 23.7. The summed E-state index contributed by atoms with van der Waals surface area (Å²) in [5, 5.41) is 5.03. The number of hydrogen-bond acceptors (Lipinski definition) is 4. The normalized spacial score (nSPS) is 27.7. The maximum Gasteiger partial charge on any atom is 0.174 e. The minimum Gasteiger partial charge on any atom is -0.376 e. The number of nitrogens with one attached hydrogen (secondary N) is 1. The molecule has 2 aromatic heterocycles. The van der Waals surface area contributed by atoms with Crippen LogP contribution in [0, 0.1) is 11.8 Å². The van der Waals surface area contributed by atoms with E-state index in [0.29, 0.717) is 16.9 Å². The third-order valence-electron chi connectivity index (χ3n) is 8.11. The Hall–Kier alpha value is -2.61. The topological polar surface area (TPSA) is 45.6 Å². The Morgan fingerprint density at radius 2 is 1.95 bits per heavy atom. The molecule has 6 nitrogen and oxygen atoms in total. The van der Waals surface area contributed by atoms with Gasteiger partial charge in [0.15, 0.2) is 5.11 Å². The molecule has 1 N–H and O–H groups in total. The number of piperidine rings is 1. The van der Waals surface area contributed by atoms with Crippen LogP contribution in [-0.4, -0.2) is 40.5 Å². The van der Waals surface area contributed by atoms with Crippen LogP contribution in [0.1, 0.15) is 56.6 Å². The zero-order chi connectivity index (χ0) is 26.2. The number of pyridine rings is 1. The van der Waals surface area contributed by atoms with Gasteiger partial charge in [0, 0.05) is 50.0 Å². The average molecular weight is 550 g/mol. The molecule has 3 aliphatic heterocycles. The summed E-state index contributed by atoms with van der Waals surface area (Å²) in [5.74, 6) is 1.31. The van der Waals surface area contributed by atoms with Gasteiger partial charge >= 0.3 is 0 Å². The molecule has 3 aliphatic rings. The second-order valence-corrected chi connectivity index (χ2v) is 12.0. The van der Waals surface area contributed by atoms with Gasteiger partial charge in [-0.25, -0.2) is 0 Å². The Morgan fingerprint density at radius 3 is 2.66 bits per heavy atom. The number of benzene rings is 1. The van der Waals surface area contributed by atoms with Crippen LogP contribution in [-0.2, 0) is 11.3 Å². The molecule has 0 amide bonds. The lowest BCUT2D eigenvalue weighted by atomic mass is 9.91. The van der Waals surface area contributed by atoms with Gasteiger partial charge in [-0.1, -0.05) is 31.5 Å². The van der Waals surface area contributed by atoms with Crippen LogP contribution in [0.25, 0.3) is 0 Å². The van der Waals surface area contributed by atoms with Crippen molar-refractivity contribution in [3.05, 3.63) is 77.3 Å². The predicted octanol–water partition coefficient (Wildman–Crippen LogP) is 6.37. The summed E-state index contributed by atoms with van der Waals surface area (Å²) in [5.41, 5.74) is 4.24. The Morgan fingerprint density at radius 1 is 1.11 bits per heavy atom. The van der Waals surface area contributed by atoms with Gasteiger partial charge in [0.05, 0.1) is 28.5 Å². The summed E-state index contributed by atoms with van der Waals surface area (Å²) >= 11 is 13.0.